The smallest absolute Gasteiger partial charge is 0.319 e. The summed E-state index contributed by atoms with van der Waals surface area (Å²) < 4.78 is 35.8. The van der Waals surface area contributed by atoms with Crippen LogP contribution in [0.25, 0.3) is 11.3 Å². The normalized spacial score (nSPS) is 19.7. The van der Waals surface area contributed by atoms with E-state index in [1.807, 2.05) is 0 Å². The van der Waals surface area contributed by atoms with E-state index in [2.05, 4.69) is 15.0 Å². The lowest BCUT2D eigenvalue weighted by Crippen LogP contribution is -2.00. The van der Waals surface area contributed by atoms with Crippen molar-refractivity contribution in [1.82, 2.24) is 15.0 Å². The van der Waals surface area contributed by atoms with Crippen molar-refractivity contribution in [2.75, 3.05) is 14.2 Å². The quantitative estimate of drug-likeness (QED) is 0.832. The van der Waals surface area contributed by atoms with Gasteiger partial charge in [0.15, 0.2) is 0 Å². The Bertz CT molecular complexity index is 730. The molecule has 0 N–H and O–H groups in total. The molecular weight excluding hydrogens is 328 g/mol. The Morgan fingerprint density at radius 3 is 2.61 bits per heavy atom. The van der Waals surface area contributed by atoms with Crippen LogP contribution < -0.4 is 9.47 Å². The number of alkyl halides is 2. The molecule has 0 radical (unpaired) electrons. The van der Waals surface area contributed by atoms with Crippen LogP contribution in [0.15, 0.2) is 18.5 Å². The average Bonchev–Trinajstić information content (AvgIpc) is 3.35. The van der Waals surface area contributed by atoms with Gasteiger partial charge in [-0.3, -0.25) is 4.98 Å². The number of rotatable bonds is 5. The predicted octanol–water partition coefficient (Wildman–Crippen LogP) is 3.58. The second-order valence-electron chi connectivity index (χ2n) is 5.21. The summed E-state index contributed by atoms with van der Waals surface area (Å²) in [5.74, 6) is -0.593. The summed E-state index contributed by atoms with van der Waals surface area (Å²) in [6.07, 6.45) is 1.06. The predicted molar refractivity (Wildman–Crippen MR) is 80.2 cm³/mol. The van der Waals surface area contributed by atoms with E-state index < -0.39 is 12.3 Å². The van der Waals surface area contributed by atoms with Gasteiger partial charge >= 0.3 is 6.01 Å². The maximum atomic E-state index is 12.8. The second-order valence-corrected chi connectivity index (χ2v) is 5.62. The molecule has 3 rings (SSSR count). The number of hydrogen-bond acceptors (Lipinski definition) is 5. The van der Waals surface area contributed by atoms with Crippen LogP contribution in [-0.4, -0.2) is 35.6 Å². The van der Waals surface area contributed by atoms with Crippen LogP contribution in [0.4, 0.5) is 8.78 Å². The zero-order chi connectivity index (χ0) is 16.6. The highest BCUT2D eigenvalue weighted by molar-refractivity contribution is 6.31. The minimum absolute atomic E-state index is 0.166. The molecule has 1 fully saturated rings. The van der Waals surface area contributed by atoms with Gasteiger partial charge in [-0.15, -0.1) is 0 Å². The summed E-state index contributed by atoms with van der Waals surface area (Å²) in [6.45, 7) is 0. The van der Waals surface area contributed by atoms with Crippen molar-refractivity contribution in [2.24, 2.45) is 5.92 Å². The van der Waals surface area contributed by atoms with Gasteiger partial charge in [0.2, 0.25) is 12.3 Å². The molecule has 0 spiro atoms. The lowest BCUT2D eigenvalue weighted by Gasteiger charge is -2.10. The van der Waals surface area contributed by atoms with Crippen molar-refractivity contribution >= 4 is 11.6 Å². The van der Waals surface area contributed by atoms with E-state index in [1.165, 1.54) is 26.6 Å². The van der Waals surface area contributed by atoms with E-state index in [9.17, 15) is 8.78 Å². The molecule has 1 aliphatic carbocycles. The third-order valence-corrected chi connectivity index (χ3v) is 4.15. The van der Waals surface area contributed by atoms with Crippen LogP contribution in [0.5, 0.6) is 11.9 Å². The fourth-order valence-corrected chi connectivity index (χ4v) is 2.76. The van der Waals surface area contributed by atoms with E-state index in [0.29, 0.717) is 34.1 Å². The van der Waals surface area contributed by atoms with Gasteiger partial charge in [0.25, 0.3) is 0 Å². The van der Waals surface area contributed by atoms with Crippen molar-refractivity contribution < 1.29 is 18.3 Å². The molecule has 2 atom stereocenters. The average molecular weight is 342 g/mol. The van der Waals surface area contributed by atoms with Crippen LogP contribution in [0.3, 0.4) is 0 Å². The zero-order valence-corrected chi connectivity index (χ0v) is 13.2. The maximum absolute atomic E-state index is 12.8. The first kappa shape index (κ1) is 15.9. The lowest BCUT2D eigenvalue weighted by atomic mass is 10.1. The lowest BCUT2D eigenvalue weighted by molar-refractivity contribution is 0.120. The number of ether oxygens (including phenoxy) is 2. The molecule has 0 amide bonds. The molecule has 2 aromatic heterocycles. The Kier molecular flexibility index (Phi) is 4.30. The zero-order valence-electron chi connectivity index (χ0n) is 12.5. The molecular formula is C15H14ClF2N3O2. The van der Waals surface area contributed by atoms with Crippen LogP contribution in [0.2, 0.25) is 5.02 Å². The fraction of sp³-hybridized carbons (Fsp3) is 0.400. The molecule has 8 heteroatoms. The molecule has 2 aromatic rings. The highest BCUT2D eigenvalue weighted by atomic mass is 35.5. The minimum Gasteiger partial charge on any atom is -0.480 e. The Balaban J connectivity index is 1.98. The molecule has 1 aliphatic rings. The van der Waals surface area contributed by atoms with Crippen LogP contribution in [0.1, 0.15) is 17.9 Å². The molecule has 0 aromatic carbocycles. The maximum Gasteiger partial charge on any atom is 0.319 e. The summed E-state index contributed by atoms with van der Waals surface area (Å²) in [7, 11) is 2.92. The molecule has 0 unspecified atom stereocenters. The Hall–Kier alpha value is -2.02. The van der Waals surface area contributed by atoms with Crippen molar-refractivity contribution in [1.29, 1.82) is 0 Å². The van der Waals surface area contributed by atoms with E-state index >= 15 is 0 Å². The van der Waals surface area contributed by atoms with E-state index in [-0.39, 0.29) is 11.9 Å². The number of nitrogens with zero attached hydrogens (tertiary/aromatic N) is 3. The highest BCUT2D eigenvalue weighted by Gasteiger charge is 2.46. The molecule has 1 saturated carbocycles. The standard InChI is InChI=1S/C15H14ClF2N3O2/c1-22-14-10(5-20-15(21-14)23-2)12-4-8(11(16)6-19-12)7-3-9(7)13(17)18/h4-7,9,13H,3H2,1-2H3/t7-,9+/m1/s1. The fourth-order valence-electron chi connectivity index (χ4n) is 2.52. The van der Waals surface area contributed by atoms with Crippen LogP contribution in [0, 0.1) is 5.92 Å². The summed E-state index contributed by atoms with van der Waals surface area (Å²) in [4.78, 5) is 12.4. The third kappa shape index (κ3) is 3.06. The first-order valence-corrected chi connectivity index (χ1v) is 7.32. The highest BCUT2D eigenvalue weighted by Crippen LogP contribution is 2.53. The van der Waals surface area contributed by atoms with Gasteiger partial charge in [0.05, 0.1) is 30.5 Å². The molecule has 122 valence electrons. The largest absolute Gasteiger partial charge is 0.480 e. The van der Waals surface area contributed by atoms with E-state index in [1.54, 1.807) is 6.07 Å². The Morgan fingerprint density at radius 1 is 1.22 bits per heavy atom. The van der Waals surface area contributed by atoms with Crippen molar-refractivity contribution in [3.05, 3.63) is 29.0 Å². The van der Waals surface area contributed by atoms with Crippen molar-refractivity contribution in [2.45, 2.75) is 18.8 Å². The SMILES string of the molecule is COc1ncc(-c2cc([C@H]3C[C@@H]3C(F)F)c(Cl)cn2)c(OC)n1. The first-order chi connectivity index (χ1) is 11.0. The monoisotopic (exact) mass is 341 g/mol. The number of hydrogen-bond donors (Lipinski definition) is 0. The molecule has 0 saturated heterocycles. The van der Waals surface area contributed by atoms with Gasteiger partial charge < -0.3 is 9.47 Å². The van der Waals surface area contributed by atoms with Crippen molar-refractivity contribution in [3.63, 3.8) is 0 Å². The number of aromatic nitrogens is 3. The van der Waals surface area contributed by atoms with Crippen molar-refractivity contribution in [3.8, 4) is 23.1 Å². The van der Waals surface area contributed by atoms with Gasteiger partial charge in [-0.05, 0) is 24.0 Å². The summed E-state index contributed by atoms with van der Waals surface area (Å²) in [6, 6.07) is 1.86. The molecule has 0 aliphatic heterocycles. The minimum atomic E-state index is -2.34. The first-order valence-electron chi connectivity index (χ1n) is 6.94. The van der Waals surface area contributed by atoms with Gasteiger partial charge in [0.1, 0.15) is 0 Å². The van der Waals surface area contributed by atoms with Gasteiger partial charge in [-0.2, -0.15) is 4.98 Å². The molecule has 2 heterocycles. The van der Waals surface area contributed by atoms with Crippen LogP contribution in [-0.2, 0) is 0 Å². The molecule has 23 heavy (non-hydrogen) atoms. The second kappa shape index (κ2) is 6.23. The number of pyridine rings is 1. The molecule has 0 bridgehead atoms. The Labute approximate surface area is 136 Å². The molecule has 5 nitrogen and oxygen atoms in total. The number of methoxy groups -OCH3 is 2. The third-order valence-electron chi connectivity index (χ3n) is 3.83. The Morgan fingerprint density at radius 2 is 2.00 bits per heavy atom. The summed E-state index contributed by atoms with van der Waals surface area (Å²) in [5.41, 5.74) is 1.73. The summed E-state index contributed by atoms with van der Waals surface area (Å²) >= 11 is 6.12. The topological polar surface area (TPSA) is 57.1 Å². The van der Waals surface area contributed by atoms with Crippen LogP contribution >= 0.6 is 11.6 Å². The summed E-state index contributed by atoms with van der Waals surface area (Å²) in [5, 5.41) is 0.385. The van der Waals surface area contributed by atoms with Gasteiger partial charge in [-0.25, -0.2) is 13.8 Å². The van der Waals surface area contributed by atoms with Gasteiger partial charge in [-0.1, -0.05) is 11.6 Å². The number of halogens is 3. The van der Waals surface area contributed by atoms with E-state index in [4.69, 9.17) is 21.1 Å². The van der Waals surface area contributed by atoms with Gasteiger partial charge in [0, 0.05) is 18.3 Å². The van der Waals surface area contributed by atoms with E-state index in [0.717, 1.165) is 0 Å².